The summed E-state index contributed by atoms with van der Waals surface area (Å²) in [5, 5.41) is 0. The zero-order chi connectivity index (χ0) is 11.3. The van der Waals surface area contributed by atoms with E-state index in [1.165, 1.54) is 0 Å². The van der Waals surface area contributed by atoms with Crippen molar-refractivity contribution in [1.29, 1.82) is 0 Å². The van der Waals surface area contributed by atoms with Crippen LogP contribution in [0.1, 0.15) is 38.2 Å². The second-order valence-electron chi connectivity index (χ2n) is 3.79. The van der Waals surface area contributed by atoms with Gasteiger partial charge in [0.2, 0.25) is 0 Å². The van der Waals surface area contributed by atoms with Gasteiger partial charge < -0.3 is 9.59 Å². The number of carbonyl (C=O) groups excluding carboxylic acids is 2. The van der Waals surface area contributed by atoms with E-state index >= 15 is 0 Å². The smallest absolute Gasteiger partial charge is 0.130 e. The summed E-state index contributed by atoms with van der Waals surface area (Å²) in [4.78, 5) is 26.1. The zero-order valence-electron chi connectivity index (χ0n) is 9.06. The van der Waals surface area contributed by atoms with Gasteiger partial charge >= 0.3 is 0 Å². The van der Waals surface area contributed by atoms with Crippen LogP contribution < -0.4 is 0 Å². The van der Waals surface area contributed by atoms with Crippen LogP contribution in [0, 0.1) is 0 Å². The Hall–Kier alpha value is -1.51. The molecule has 0 bridgehead atoms. The predicted molar refractivity (Wildman–Crippen MR) is 57.6 cm³/mol. The normalized spacial score (nSPS) is 10.3. The minimum Gasteiger partial charge on any atom is -0.300 e. The van der Waals surface area contributed by atoms with Gasteiger partial charge in [-0.05, 0) is 37.5 Å². The Labute approximate surface area is 89.5 Å². The van der Waals surface area contributed by atoms with Crippen molar-refractivity contribution >= 4 is 11.6 Å². The highest BCUT2D eigenvalue weighted by Gasteiger charge is 2.15. The number of Topliss-reactive ketones (excluding diaryl/α,β-unsaturated/α-hetero) is 2. The minimum atomic E-state index is 0.00278. The van der Waals surface area contributed by atoms with Crippen LogP contribution in [-0.2, 0) is 9.59 Å². The Bertz CT molecular complexity index is 330. The monoisotopic (exact) mass is 205 g/mol. The molecule has 0 atom stereocenters. The fourth-order valence-corrected chi connectivity index (χ4v) is 1.64. The Morgan fingerprint density at radius 1 is 1.13 bits per heavy atom. The number of ketones is 2. The summed E-state index contributed by atoms with van der Waals surface area (Å²) in [6.45, 7) is 3.10. The molecule has 0 N–H and O–H groups in total. The van der Waals surface area contributed by atoms with Gasteiger partial charge in [-0.2, -0.15) is 0 Å². The van der Waals surface area contributed by atoms with Gasteiger partial charge in [0, 0.05) is 25.2 Å². The molecule has 1 rings (SSSR count). The maximum absolute atomic E-state index is 11.1. The summed E-state index contributed by atoms with van der Waals surface area (Å²) < 4.78 is 0. The lowest BCUT2D eigenvalue weighted by Gasteiger charge is -2.13. The van der Waals surface area contributed by atoms with Gasteiger partial charge in [0.25, 0.3) is 0 Å². The van der Waals surface area contributed by atoms with E-state index in [9.17, 15) is 9.59 Å². The fourth-order valence-electron chi connectivity index (χ4n) is 1.64. The summed E-state index contributed by atoms with van der Waals surface area (Å²) in [6.07, 6.45) is 4.21. The van der Waals surface area contributed by atoms with Crippen molar-refractivity contribution in [2.24, 2.45) is 0 Å². The van der Waals surface area contributed by atoms with E-state index < -0.39 is 0 Å². The SMILES string of the molecule is CC(=O)CC(CC(C)=O)c1ccncc1. The van der Waals surface area contributed by atoms with Gasteiger partial charge in [0.1, 0.15) is 11.6 Å². The molecule has 0 aromatic carbocycles. The molecule has 0 aliphatic carbocycles. The molecule has 1 aromatic rings. The third kappa shape index (κ3) is 4.02. The van der Waals surface area contributed by atoms with E-state index in [-0.39, 0.29) is 17.5 Å². The molecule has 0 amide bonds. The van der Waals surface area contributed by atoms with Gasteiger partial charge in [-0.15, -0.1) is 0 Å². The minimum absolute atomic E-state index is 0.00278. The van der Waals surface area contributed by atoms with Crippen LogP contribution in [0.5, 0.6) is 0 Å². The fraction of sp³-hybridized carbons (Fsp3) is 0.417. The van der Waals surface area contributed by atoms with Crippen LogP contribution in [0.2, 0.25) is 0 Å². The van der Waals surface area contributed by atoms with E-state index in [4.69, 9.17) is 0 Å². The average molecular weight is 205 g/mol. The summed E-state index contributed by atoms with van der Waals surface area (Å²) in [7, 11) is 0. The maximum atomic E-state index is 11.1. The van der Waals surface area contributed by atoms with Crippen LogP contribution >= 0.6 is 0 Å². The highest BCUT2D eigenvalue weighted by atomic mass is 16.1. The van der Waals surface area contributed by atoms with Gasteiger partial charge in [0.15, 0.2) is 0 Å². The van der Waals surface area contributed by atoms with Gasteiger partial charge in [-0.25, -0.2) is 0 Å². The van der Waals surface area contributed by atoms with Crippen LogP contribution in [0.25, 0.3) is 0 Å². The van der Waals surface area contributed by atoms with Crippen LogP contribution in [0.15, 0.2) is 24.5 Å². The molecule has 0 aliphatic heterocycles. The molecule has 0 saturated heterocycles. The first kappa shape index (κ1) is 11.6. The third-order valence-electron chi connectivity index (χ3n) is 2.25. The van der Waals surface area contributed by atoms with Crippen molar-refractivity contribution in [2.75, 3.05) is 0 Å². The Morgan fingerprint density at radius 3 is 2.00 bits per heavy atom. The number of nitrogens with zero attached hydrogens (tertiary/aromatic N) is 1. The van der Waals surface area contributed by atoms with E-state index in [2.05, 4.69) is 4.98 Å². The van der Waals surface area contributed by atoms with Crippen LogP contribution in [0.4, 0.5) is 0 Å². The van der Waals surface area contributed by atoms with Crippen molar-refractivity contribution in [2.45, 2.75) is 32.6 Å². The Balaban J connectivity index is 2.81. The first-order valence-electron chi connectivity index (χ1n) is 4.98. The van der Waals surface area contributed by atoms with E-state index in [0.717, 1.165) is 5.56 Å². The number of hydrogen-bond donors (Lipinski definition) is 0. The van der Waals surface area contributed by atoms with E-state index in [0.29, 0.717) is 12.8 Å². The lowest BCUT2D eigenvalue weighted by atomic mass is 9.90. The summed E-state index contributed by atoms with van der Waals surface area (Å²) in [5.74, 6) is 0.221. The average Bonchev–Trinajstić information content (AvgIpc) is 2.17. The van der Waals surface area contributed by atoms with Crippen molar-refractivity contribution in [3.8, 4) is 0 Å². The number of rotatable bonds is 5. The number of carbonyl (C=O) groups is 2. The molecule has 15 heavy (non-hydrogen) atoms. The quantitative estimate of drug-likeness (QED) is 0.739. The topological polar surface area (TPSA) is 47.0 Å². The highest BCUT2D eigenvalue weighted by molar-refractivity contribution is 5.80. The maximum Gasteiger partial charge on any atom is 0.130 e. The van der Waals surface area contributed by atoms with Crippen molar-refractivity contribution in [1.82, 2.24) is 4.98 Å². The van der Waals surface area contributed by atoms with Crippen LogP contribution in [-0.4, -0.2) is 16.6 Å². The second-order valence-corrected chi connectivity index (χ2v) is 3.79. The van der Waals surface area contributed by atoms with Crippen LogP contribution in [0.3, 0.4) is 0 Å². The molecule has 1 heterocycles. The number of hydrogen-bond acceptors (Lipinski definition) is 3. The van der Waals surface area contributed by atoms with Crippen molar-refractivity contribution in [3.05, 3.63) is 30.1 Å². The number of pyridine rings is 1. The standard InChI is InChI=1S/C12H15NO2/c1-9(14)7-12(8-10(2)15)11-3-5-13-6-4-11/h3-6,12H,7-8H2,1-2H3. The molecule has 3 heteroatoms. The summed E-state index contributed by atoms with van der Waals surface area (Å²) >= 11 is 0. The molecule has 0 saturated carbocycles. The molecule has 80 valence electrons. The van der Waals surface area contributed by atoms with E-state index in [1.54, 1.807) is 26.2 Å². The van der Waals surface area contributed by atoms with Gasteiger partial charge in [-0.1, -0.05) is 0 Å². The lowest BCUT2D eigenvalue weighted by molar-refractivity contribution is -0.118. The van der Waals surface area contributed by atoms with E-state index in [1.807, 2.05) is 12.1 Å². The second kappa shape index (κ2) is 5.39. The molecule has 3 nitrogen and oxygen atoms in total. The van der Waals surface area contributed by atoms with Gasteiger partial charge in [-0.3, -0.25) is 4.98 Å². The molecular weight excluding hydrogens is 190 g/mol. The predicted octanol–water partition coefficient (Wildman–Crippen LogP) is 2.12. The Kier molecular flexibility index (Phi) is 4.16. The third-order valence-corrected chi connectivity index (χ3v) is 2.25. The summed E-state index contributed by atoms with van der Waals surface area (Å²) in [6, 6.07) is 3.72. The number of aromatic nitrogens is 1. The highest BCUT2D eigenvalue weighted by Crippen LogP contribution is 2.23. The first-order chi connectivity index (χ1) is 7.09. The van der Waals surface area contributed by atoms with Crippen molar-refractivity contribution in [3.63, 3.8) is 0 Å². The van der Waals surface area contributed by atoms with Crippen molar-refractivity contribution < 1.29 is 9.59 Å². The molecule has 0 fully saturated rings. The lowest BCUT2D eigenvalue weighted by Crippen LogP contribution is -2.08. The zero-order valence-corrected chi connectivity index (χ0v) is 9.06. The molecule has 0 unspecified atom stereocenters. The molecule has 0 spiro atoms. The summed E-state index contributed by atoms with van der Waals surface area (Å²) in [5.41, 5.74) is 1.01. The van der Waals surface area contributed by atoms with Gasteiger partial charge in [0.05, 0.1) is 0 Å². The molecule has 0 aliphatic rings. The molecule has 0 radical (unpaired) electrons. The largest absolute Gasteiger partial charge is 0.300 e. The first-order valence-corrected chi connectivity index (χ1v) is 4.98. The Morgan fingerprint density at radius 2 is 1.60 bits per heavy atom. The molecular formula is C12H15NO2. The molecule has 1 aromatic heterocycles.